The highest BCUT2D eigenvalue weighted by Crippen LogP contribution is 2.29. The standard InChI is InChI=1S/C25H17ClN2O2/c1-29-23-10-6-16(12-21(23)26)15-27-20-9-11-24-22(14-20)28-25(30-24)19-8-7-17-4-2-3-5-18(17)13-19/h2-15H,1H3. The lowest BCUT2D eigenvalue weighted by Crippen LogP contribution is -1.86. The smallest absolute Gasteiger partial charge is 0.227 e. The maximum atomic E-state index is 6.18. The molecule has 30 heavy (non-hydrogen) atoms. The summed E-state index contributed by atoms with van der Waals surface area (Å²) >= 11 is 6.18. The second kappa shape index (κ2) is 7.65. The number of halogens is 1. The van der Waals surface area contributed by atoms with Crippen LogP contribution in [0.1, 0.15) is 5.56 Å². The van der Waals surface area contributed by atoms with E-state index in [0.29, 0.717) is 16.7 Å². The summed E-state index contributed by atoms with van der Waals surface area (Å²) in [4.78, 5) is 9.20. The molecule has 146 valence electrons. The number of oxazole rings is 1. The summed E-state index contributed by atoms with van der Waals surface area (Å²) in [5.74, 6) is 1.23. The molecule has 1 aromatic heterocycles. The number of aliphatic imine (C=N–C) groups is 1. The van der Waals surface area contributed by atoms with Crippen LogP contribution in [0.4, 0.5) is 5.69 Å². The number of methoxy groups -OCH3 is 1. The number of ether oxygens (including phenoxy) is 1. The molecule has 5 heteroatoms. The van der Waals surface area contributed by atoms with Crippen molar-refractivity contribution in [2.75, 3.05) is 7.11 Å². The van der Waals surface area contributed by atoms with E-state index in [1.54, 1.807) is 13.3 Å². The van der Waals surface area contributed by atoms with Crippen LogP contribution in [0.5, 0.6) is 5.75 Å². The van der Waals surface area contributed by atoms with E-state index in [4.69, 9.17) is 20.8 Å². The zero-order valence-corrected chi connectivity index (χ0v) is 16.9. The molecule has 5 aromatic rings. The Morgan fingerprint density at radius 1 is 0.933 bits per heavy atom. The molecule has 4 nitrogen and oxygen atoms in total. The van der Waals surface area contributed by atoms with E-state index in [1.807, 2.05) is 54.6 Å². The fraction of sp³-hybridized carbons (Fsp3) is 0.0400. The van der Waals surface area contributed by atoms with E-state index in [1.165, 1.54) is 5.39 Å². The highest BCUT2D eigenvalue weighted by Gasteiger charge is 2.09. The van der Waals surface area contributed by atoms with Crippen LogP contribution in [-0.4, -0.2) is 18.3 Å². The first-order chi connectivity index (χ1) is 14.7. The van der Waals surface area contributed by atoms with Crippen molar-refractivity contribution in [1.82, 2.24) is 4.98 Å². The van der Waals surface area contributed by atoms with Gasteiger partial charge < -0.3 is 9.15 Å². The van der Waals surface area contributed by atoms with Crippen LogP contribution in [0.3, 0.4) is 0 Å². The Kier molecular flexibility index (Phi) is 4.69. The molecule has 0 atom stereocenters. The lowest BCUT2D eigenvalue weighted by Gasteiger charge is -2.02. The molecule has 0 amide bonds. The fourth-order valence-electron chi connectivity index (χ4n) is 3.35. The van der Waals surface area contributed by atoms with E-state index < -0.39 is 0 Å². The van der Waals surface area contributed by atoms with Crippen molar-refractivity contribution in [3.63, 3.8) is 0 Å². The van der Waals surface area contributed by atoms with Crippen molar-refractivity contribution < 1.29 is 9.15 Å². The molecule has 0 saturated carbocycles. The van der Waals surface area contributed by atoms with Crippen LogP contribution in [-0.2, 0) is 0 Å². The van der Waals surface area contributed by atoms with Crippen LogP contribution in [0.25, 0.3) is 33.3 Å². The van der Waals surface area contributed by atoms with Crippen LogP contribution in [0.15, 0.2) is 88.3 Å². The summed E-state index contributed by atoms with van der Waals surface area (Å²) in [6, 6.07) is 25.7. The van der Waals surface area contributed by atoms with Gasteiger partial charge in [-0.25, -0.2) is 4.98 Å². The molecule has 0 N–H and O–H groups in total. The molecule has 0 bridgehead atoms. The molecule has 4 aromatic carbocycles. The first-order valence-electron chi connectivity index (χ1n) is 9.47. The van der Waals surface area contributed by atoms with Gasteiger partial charge in [0.05, 0.1) is 17.8 Å². The predicted molar refractivity (Wildman–Crippen MR) is 122 cm³/mol. The summed E-state index contributed by atoms with van der Waals surface area (Å²) in [6.45, 7) is 0. The Labute approximate surface area is 178 Å². The average Bonchev–Trinajstić information content (AvgIpc) is 3.21. The van der Waals surface area contributed by atoms with E-state index in [2.05, 4.69) is 34.2 Å². The summed E-state index contributed by atoms with van der Waals surface area (Å²) < 4.78 is 11.1. The number of benzene rings is 4. The third-order valence-corrected chi connectivity index (χ3v) is 5.20. The van der Waals surface area contributed by atoms with Gasteiger partial charge in [-0.05, 0) is 64.9 Å². The van der Waals surface area contributed by atoms with Crippen molar-refractivity contribution in [3.05, 3.63) is 89.4 Å². The molecule has 5 rings (SSSR count). The number of fused-ring (bicyclic) bond motifs is 2. The Bertz CT molecular complexity index is 1410. The first-order valence-corrected chi connectivity index (χ1v) is 9.85. The van der Waals surface area contributed by atoms with Crippen molar-refractivity contribution >= 4 is 45.4 Å². The van der Waals surface area contributed by atoms with Gasteiger partial charge in [0.15, 0.2) is 5.58 Å². The third kappa shape index (κ3) is 3.53. The maximum Gasteiger partial charge on any atom is 0.227 e. The van der Waals surface area contributed by atoms with Crippen LogP contribution < -0.4 is 4.74 Å². The highest BCUT2D eigenvalue weighted by atomic mass is 35.5. The maximum absolute atomic E-state index is 6.18. The third-order valence-electron chi connectivity index (χ3n) is 4.91. The summed E-state index contributed by atoms with van der Waals surface area (Å²) in [6.07, 6.45) is 1.76. The van der Waals surface area contributed by atoms with Gasteiger partial charge in [0.25, 0.3) is 0 Å². The van der Waals surface area contributed by atoms with Crippen LogP contribution in [0, 0.1) is 0 Å². The number of nitrogens with zero attached hydrogens (tertiary/aromatic N) is 2. The molecule has 1 heterocycles. The molecule has 0 aliphatic heterocycles. The quantitative estimate of drug-likeness (QED) is 0.297. The van der Waals surface area contributed by atoms with Crippen molar-refractivity contribution in [1.29, 1.82) is 0 Å². The molecular weight excluding hydrogens is 396 g/mol. The Balaban J connectivity index is 1.45. The Morgan fingerprint density at radius 3 is 2.63 bits per heavy atom. The fourth-order valence-corrected chi connectivity index (χ4v) is 3.62. The largest absolute Gasteiger partial charge is 0.495 e. The van der Waals surface area contributed by atoms with E-state index in [0.717, 1.165) is 33.3 Å². The summed E-state index contributed by atoms with van der Waals surface area (Å²) in [5.41, 5.74) is 4.11. The summed E-state index contributed by atoms with van der Waals surface area (Å²) in [5, 5.41) is 2.89. The van der Waals surface area contributed by atoms with Gasteiger partial charge in [-0.3, -0.25) is 4.99 Å². The van der Waals surface area contributed by atoms with Gasteiger partial charge in [0.1, 0.15) is 11.3 Å². The molecule has 0 fully saturated rings. The van der Waals surface area contributed by atoms with Gasteiger partial charge >= 0.3 is 0 Å². The summed E-state index contributed by atoms with van der Waals surface area (Å²) in [7, 11) is 1.59. The van der Waals surface area contributed by atoms with Crippen molar-refractivity contribution in [3.8, 4) is 17.2 Å². The molecule has 0 radical (unpaired) electrons. The SMILES string of the molecule is COc1ccc(C=Nc2ccc3oc(-c4ccc5ccccc5c4)nc3c2)cc1Cl. The zero-order valence-electron chi connectivity index (χ0n) is 16.2. The second-order valence-electron chi connectivity index (χ2n) is 6.89. The second-order valence-corrected chi connectivity index (χ2v) is 7.29. The van der Waals surface area contributed by atoms with E-state index in [-0.39, 0.29) is 0 Å². The minimum atomic E-state index is 0.549. The Hall–Kier alpha value is -3.63. The molecule has 0 saturated heterocycles. The number of rotatable bonds is 4. The van der Waals surface area contributed by atoms with Gasteiger partial charge in [0, 0.05) is 11.8 Å². The van der Waals surface area contributed by atoms with Gasteiger partial charge in [0.2, 0.25) is 5.89 Å². The monoisotopic (exact) mass is 412 g/mol. The number of aromatic nitrogens is 1. The molecule has 0 unspecified atom stereocenters. The topological polar surface area (TPSA) is 47.6 Å². The zero-order chi connectivity index (χ0) is 20.5. The van der Waals surface area contributed by atoms with Crippen LogP contribution in [0.2, 0.25) is 5.02 Å². The number of hydrogen-bond donors (Lipinski definition) is 0. The van der Waals surface area contributed by atoms with E-state index >= 15 is 0 Å². The van der Waals surface area contributed by atoms with Crippen molar-refractivity contribution in [2.24, 2.45) is 4.99 Å². The van der Waals surface area contributed by atoms with E-state index in [9.17, 15) is 0 Å². The molecule has 0 aliphatic carbocycles. The normalized spacial score (nSPS) is 11.5. The van der Waals surface area contributed by atoms with Gasteiger partial charge in [-0.15, -0.1) is 0 Å². The highest BCUT2D eigenvalue weighted by molar-refractivity contribution is 6.32. The van der Waals surface area contributed by atoms with Crippen LogP contribution >= 0.6 is 11.6 Å². The lowest BCUT2D eigenvalue weighted by atomic mass is 10.1. The van der Waals surface area contributed by atoms with Gasteiger partial charge in [-0.1, -0.05) is 41.9 Å². The molecular formula is C25H17ClN2O2. The minimum Gasteiger partial charge on any atom is -0.495 e. The first kappa shape index (κ1) is 18.4. The Morgan fingerprint density at radius 2 is 1.80 bits per heavy atom. The molecule has 0 spiro atoms. The minimum absolute atomic E-state index is 0.549. The number of hydrogen-bond acceptors (Lipinski definition) is 4. The lowest BCUT2D eigenvalue weighted by molar-refractivity contribution is 0.415. The molecule has 0 aliphatic rings. The van der Waals surface area contributed by atoms with Gasteiger partial charge in [-0.2, -0.15) is 0 Å². The predicted octanol–water partition coefficient (Wildman–Crippen LogP) is 7.06. The average molecular weight is 413 g/mol. The van der Waals surface area contributed by atoms with Crippen molar-refractivity contribution in [2.45, 2.75) is 0 Å².